The number of carbonyl (C=O) groups is 2. The van der Waals surface area contributed by atoms with E-state index in [1.165, 1.54) is 13.2 Å². The summed E-state index contributed by atoms with van der Waals surface area (Å²) in [6.45, 7) is 0. The van der Waals surface area contributed by atoms with Crippen molar-refractivity contribution in [2.75, 3.05) is 7.11 Å². The zero-order chi connectivity index (χ0) is 15.9. The van der Waals surface area contributed by atoms with E-state index < -0.39 is 5.97 Å². The second-order valence-electron chi connectivity index (χ2n) is 4.36. The maximum Gasteiger partial charge on any atom is 0.337 e. The van der Waals surface area contributed by atoms with Crippen molar-refractivity contribution in [3.05, 3.63) is 65.7 Å². The highest BCUT2D eigenvalue weighted by Gasteiger charge is 2.07. The van der Waals surface area contributed by atoms with E-state index in [4.69, 9.17) is 5.73 Å². The summed E-state index contributed by atoms with van der Waals surface area (Å²) >= 11 is 0. The predicted molar refractivity (Wildman–Crippen MR) is 83.0 cm³/mol. The van der Waals surface area contributed by atoms with Gasteiger partial charge >= 0.3 is 5.97 Å². The van der Waals surface area contributed by atoms with Gasteiger partial charge in [-0.1, -0.05) is 24.3 Å². The van der Waals surface area contributed by atoms with Gasteiger partial charge in [0.05, 0.1) is 18.4 Å². The molecule has 3 N–H and O–H groups in total. The van der Waals surface area contributed by atoms with E-state index in [2.05, 4.69) is 15.0 Å². The SMILES string of the molecule is COC(=O)c1cccc(N=C(N)NC(=O)c2ccccc2)c1. The van der Waals surface area contributed by atoms with E-state index in [0.29, 0.717) is 16.8 Å². The first-order valence-electron chi connectivity index (χ1n) is 6.49. The van der Waals surface area contributed by atoms with Gasteiger partial charge in [0.1, 0.15) is 0 Å². The molecule has 0 aliphatic carbocycles. The quantitative estimate of drug-likeness (QED) is 0.513. The van der Waals surface area contributed by atoms with Crippen molar-refractivity contribution in [1.29, 1.82) is 0 Å². The molecule has 0 aliphatic heterocycles. The van der Waals surface area contributed by atoms with Crippen LogP contribution in [0.15, 0.2) is 59.6 Å². The number of rotatable bonds is 3. The molecule has 0 radical (unpaired) electrons. The van der Waals surface area contributed by atoms with Crippen LogP contribution in [0.5, 0.6) is 0 Å². The average Bonchev–Trinajstić information content (AvgIpc) is 2.55. The third-order valence-electron chi connectivity index (χ3n) is 2.79. The molecule has 0 aromatic heterocycles. The number of guanidine groups is 1. The zero-order valence-corrected chi connectivity index (χ0v) is 11.9. The molecule has 1 amide bonds. The van der Waals surface area contributed by atoms with E-state index >= 15 is 0 Å². The van der Waals surface area contributed by atoms with E-state index in [9.17, 15) is 9.59 Å². The molecular formula is C16H15N3O3. The number of amides is 1. The van der Waals surface area contributed by atoms with Crippen molar-refractivity contribution in [2.24, 2.45) is 10.7 Å². The summed E-state index contributed by atoms with van der Waals surface area (Å²) in [6, 6.07) is 15.1. The smallest absolute Gasteiger partial charge is 0.337 e. The first kappa shape index (κ1) is 15.2. The number of hydrogen-bond acceptors (Lipinski definition) is 4. The lowest BCUT2D eigenvalue weighted by molar-refractivity contribution is 0.0600. The maximum atomic E-state index is 11.9. The Morgan fingerprint density at radius 1 is 1.05 bits per heavy atom. The van der Waals surface area contributed by atoms with Crippen molar-refractivity contribution in [3.8, 4) is 0 Å². The monoisotopic (exact) mass is 297 g/mol. The van der Waals surface area contributed by atoms with Gasteiger partial charge in [0.25, 0.3) is 5.91 Å². The lowest BCUT2D eigenvalue weighted by Crippen LogP contribution is -2.36. The summed E-state index contributed by atoms with van der Waals surface area (Å²) in [5, 5.41) is 2.48. The summed E-state index contributed by atoms with van der Waals surface area (Å²) in [7, 11) is 1.30. The summed E-state index contributed by atoms with van der Waals surface area (Å²) in [4.78, 5) is 27.4. The van der Waals surface area contributed by atoms with Crippen LogP contribution in [0.2, 0.25) is 0 Å². The molecule has 6 heteroatoms. The number of methoxy groups -OCH3 is 1. The van der Waals surface area contributed by atoms with Crippen LogP contribution in [-0.4, -0.2) is 24.9 Å². The minimum absolute atomic E-state index is 0.0594. The van der Waals surface area contributed by atoms with Crippen LogP contribution in [0, 0.1) is 0 Å². The molecule has 0 heterocycles. The van der Waals surface area contributed by atoms with Gasteiger partial charge in [0.2, 0.25) is 5.96 Å². The summed E-state index contributed by atoms with van der Waals surface area (Å²) in [5.74, 6) is -0.884. The fourth-order valence-electron chi connectivity index (χ4n) is 1.77. The molecule has 0 fully saturated rings. The fourth-order valence-corrected chi connectivity index (χ4v) is 1.77. The molecule has 6 nitrogen and oxygen atoms in total. The fraction of sp³-hybridized carbons (Fsp3) is 0.0625. The zero-order valence-electron chi connectivity index (χ0n) is 11.9. The first-order valence-corrected chi connectivity index (χ1v) is 6.49. The molecular weight excluding hydrogens is 282 g/mol. The topological polar surface area (TPSA) is 93.8 Å². The summed E-state index contributed by atoms with van der Waals surface area (Å²) < 4.78 is 4.63. The highest BCUT2D eigenvalue weighted by atomic mass is 16.5. The number of benzene rings is 2. The molecule has 0 atom stereocenters. The molecule has 2 aromatic rings. The highest BCUT2D eigenvalue weighted by molar-refractivity contribution is 6.05. The minimum Gasteiger partial charge on any atom is -0.465 e. The van der Waals surface area contributed by atoms with Crippen molar-refractivity contribution in [3.63, 3.8) is 0 Å². The molecule has 2 rings (SSSR count). The largest absolute Gasteiger partial charge is 0.465 e. The molecule has 112 valence electrons. The third kappa shape index (κ3) is 3.92. The number of nitrogens with zero attached hydrogens (tertiary/aromatic N) is 1. The van der Waals surface area contributed by atoms with Crippen LogP contribution in [0.25, 0.3) is 0 Å². The Morgan fingerprint density at radius 2 is 1.73 bits per heavy atom. The highest BCUT2D eigenvalue weighted by Crippen LogP contribution is 2.14. The minimum atomic E-state index is -0.469. The Kier molecular flexibility index (Phi) is 4.87. The molecule has 0 saturated carbocycles. The molecule has 0 unspecified atom stereocenters. The normalized spacial score (nSPS) is 10.9. The van der Waals surface area contributed by atoms with Crippen LogP contribution in [0.3, 0.4) is 0 Å². The third-order valence-corrected chi connectivity index (χ3v) is 2.79. The molecule has 0 saturated heterocycles. The Labute approximate surface area is 127 Å². The Bertz CT molecular complexity index is 712. The standard InChI is InChI=1S/C16H15N3O3/c1-22-15(21)12-8-5-9-13(10-12)18-16(17)19-14(20)11-6-3-2-4-7-11/h2-10H,1H3,(H3,17,18,19,20). The number of carbonyl (C=O) groups excluding carboxylic acids is 2. The molecule has 0 bridgehead atoms. The van der Waals surface area contributed by atoms with Crippen molar-refractivity contribution >= 4 is 23.5 Å². The van der Waals surface area contributed by atoms with E-state index in [0.717, 1.165) is 0 Å². The van der Waals surface area contributed by atoms with Gasteiger partial charge in [-0.25, -0.2) is 9.79 Å². The Morgan fingerprint density at radius 3 is 2.41 bits per heavy atom. The Hall–Kier alpha value is -3.15. The van der Waals surface area contributed by atoms with Crippen LogP contribution in [0.1, 0.15) is 20.7 Å². The summed E-state index contributed by atoms with van der Waals surface area (Å²) in [6.07, 6.45) is 0. The molecule has 22 heavy (non-hydrogen) atoms. The van der Waals surface area contributed by atoms with Crippen LogP contribution < -0.4 is 11.1 Å². The second kappa shape index (κ2) is 7.03. The van der Waals surface area contributed by atoms with Crippen molar-refractivity contribution in [2.45, 2.75) is 0 Å². The Balaban J connectivity index is 2.12. The van der Waals surface area contributed by atoms with Gasteiger partial charge in [0, 0.05) is 5.56 Å². The average molecular weight is 297 g/mol. The number of nitrogens with one attached hydrogen (secondary N) is 1. The first-order chi connectivity index (χ1) is 10.6. The van der Waals surface area contributed by atoms with Gasteiger partial charge in [-0.3, -0.25) is 10.1 Å². The van der Waals surface area contributed by atoms with E-state index in [1.54, 1.807) is 42.5 Å². The van der Waals surface area contributed by atoms with Crippen molar-refractivity contribution < 1.29 is 14.3 Å². The summed E-state index contributed by atoms with van der Waals surface area (Å²) in [5.41, 5.74) is 6.97. The molecule has 2 aromatic carbocycles. The van der Waals surface area contributed by atoms with Gasteiger partial charge in [-0.15, -0.1) is 0 Å². The number of esters is 1. The molecule has 0 spiro atoms. The number of ether oxygens (including phenoxy) is 1. The van der Waals surface area contributed by atoms with Crippen molar-refractivity contribution in [1.82, 2.24) is 5.32 Å². The van der Waals surface area contributed by atoms with E-state index in [-0.39, 0.29) is 11.9 Å². The van der Waals surface area contributed by atoms with Gasteiger partial charge in [0.15, 0.2) is 0 Å². The van der Waals surface area contributed by atoms with Gasteiger partial charge in [-0.05, 0) is 30.3 Å². The van der Waals surface area contributed by atoms with Crippen LogP contribution in [-0.2, 0) is 4.74 Å². The van der Waals surface area contributed by atoms with Crippen LogP contribution >= 0.6 is 0 Å². The van der Waals surface area contributed by atoms with Gasteiger partial charge in [-0.2, -0.15) is 0 Å². The van der Waals surface area contributed by atoms with Crippen LogP contribution in [0.4, 0.5) is 5.69 Å². The number of nitrogens with two attached hydrogens (primary N) is 1. The van der Waals surface area contributed by atoms with Gasteiger partial charge < -0.3 is 10.5 Å². The number of aliphatic imine (C=N–C) groups is 1. The maximum absolute atomic E-state index is 11.9. The molecule has 0 aliphatic rings. The van der Waals surface area contributed by atoms with E-state index in [1.807, 2.05) is 6.07 Å². The predicted octanol–water partition coefficient (Wildman–Crippen LogP) is 1.85. The second-order valence-corrected chi connectivity index (χ2v) is 4.36. The lowest BCUT2D eigenvalue weighted by Gasteiger charge is -2.05. The number of hydrogen-bond donors (Lipinski definition) is 2. The lowest BCUT2D eigenvalue weighted by atomic mass is 10.2.